The minimum atomic E-state index is -0.456. The summed E-state index contributed by atoms with van der Waals surface area (Å²) in [7, 11) is 1.93. The van der Waals surface area contributed by atoms with E-state index in [0.29, 0.717) is 6.54 Å². The highest BCUT2D eigenvalue weighted by Gasteiger charge is 2.35. The molecule has 1 heterocycles. The lowest BCUT2D eigenvalue weighted by atomic mass is 9.95. The molecule has 1 saturated heterocycles. The predicted molar refractivity (Wildman–Crippen MR) is 54.1 cm³/mol. The predicted octanol–water partition coefficient (Wildman–Crippen LogP) is -0.163. The number of rotatable bonds is 3. The van der Waals surface area contributed by atoms with Gasteiger partial charge in [-0.1, -0.05) is 0 Å². The molecule has 0 aromatic rings. The monoisotopic (exact) mass is 203 g/mol. The van der Waals surface area contributed by atoms with Crippen LogP contribution in [0.5, 0.6) is 0 Å². The zero-order chi connectivity index (χ0) is 10.7. The van der Waals surface area contributed by atoms with E-state index in [1.54, 1.807) is 0 Å². The van der Waals surface area contributed by atoms with Gasteiger partial charge >= 0.3 is 0 Å². The second kappa shape index (κ2) is 5.07. The van der Waals surface area contributed by atoms with Gasteiger partial charge in [-0.3, -0.25) is 4.90 Å². The molecule has 84 valence electrons. The standard InChI is InChI=1S/C10H21NO3/c1-7-6-9(11(3)4-5-12)10(13)8(2)14-7/h7-10,12-13H,4-6H2,1-3H3/t7-,8+,9?,10?/m1/s1. The number of likely N-dealkylation sites (N-methyl/N-ethyl adjacent to an activating group) is 1. The lowest BCUT2D eigenvalue weighted by molar-refractivity contribution is -0.138. The van der Waals surface area contributed by atoms with Gasteiger partial charge < -0.3 is 14.9 Å². The van der Waals surface area contributed by atoms with Gasteiger partial charge in [0.05, 0.1) is 24.9 Å². The molecule has 2 N–H and O–H groups in total. The molecule has 0 aliphatic carbocycles. The highest BCUT2D eigenvalue weighted by atomic mass is 16.5. The summed E-state index contributed by atoms with van der Waals surface area (Å²) >= 11 is 0. The van der Waals surface area contributed by atoms with Crippen LogP contribution in [-0.2, 0) is 4.74 Å². The van der Waals surface area contributed by atoms with Crippen molar-refractivity contribution in [1.82, 2.24) is 4.90 Å². The summed E-state index contributed by atoms with van der Waals surface area (Å²) in [5.74, 6) is 0. The molecule has 4 atom stereocenters. The molecule has 1 aliphatic heterocycles. The van der Waals surface area contributed by atoms with Crippen molar-refractivity contribution in [3.63, 3.8) is 0 Å². The summed E-state index contributed by atoms with van der Waals surface area (Å²) in [4.78, 5) is 2.00. The Bertz CT molecular complexity index is 177. The van der Waals surface area contributed by atoms with E-state index in [4.69, 9.17) is 9.84 Å². The van der Waals surface area contributed by atoms with Crippen LogP contribution in [0.15, 0.2) is 0 Å². The quantitative estimate of drug-likeness (QED) is 0.669. The summed E-state index contributed by atoms with van der Waals surface area (Å²) in [5.41, 5.74) is 0. The molecule has 14 heavy (non-hydrogen) atoms. The molecule has 2 unspecified atom stereocenters. The second-order valence-corrected chi connectivity index (χ2v) is 4.15. The molecule has 0 radical (unpaired) electrons. The molecule has 0 bridgehead atoms. The van der Waals surface area contributed by atoms with Crippen molar-refractivity contribution in [2.45, 2.75) is 44.6 Å². The van der Waals surface area contributed by atoms with Gasteiger partial charge in [0.25, 0.3) is 0 Å². The van der Waals surface area contributed by atoms with Crippen LogP contribution in [0.4, 0.5) is 0 Å². The van der Waals surface area contributed by atoms with E-state index >= 15 is 0 Å². The van der Waals surface area contributed by atoms with Crippen LogP contribution in [-0.4, -0.2) is 59.7 Å². The summed E-state index contributed by atoms with van der Waals surface area (Å²) < 4.78 is 5.52. The maximum absolute atomic E-state index is 9.90. The van der Waals surface area contributed by atoms with Crippen LogP contribution in [0.1, 0.15) is 20.3 Å². The van der Waals surface area contributed by atoms with Crippen molar-refractivity contribution in [3.05, 3.63) is 0 Å². The summed E-state index contributed by atoms with van der Waals surface area (Å²) in [6, 6.07) is 0.0981. The number of ether oxygens (including phenoxy) is 1. The van der Waals surface area contributed by atoms with Crippen LogP contribution in [0.25, 0.3) is 0 Å². The molecule has 0 aromatic heterocycles. The van der Waals surface area contributed by atoms with E-state index in [1.165, 1.54) is 0 Å². The molecule has 1 fully saturated rings. The van der Waals surface area contributed by atoms with Crippen molar-refractivity contribution in [1.29, 1.82) is 0 Å². The van der Waals surface area contributed by atoms with Crippen LogP contribution < -0.4 is 0 Å². The number of aliphatic hydroxyl groups excluding tert-OH is 2. The van der Waals surface area contributed by atoms with Gasteiger partial charge in [0.2, 0.25) is 0 Å². The van der Waals surface area contributed by atoms with Gasteiger partial charge in [-0.2, -0.15) is 0 Å². The van der Waals surface area contributed by atoms with E-state index in [2.05, 4.69) is 0 Å². The smallest absolute Gasteiger partial charge is 0.0954 e. The van der Waals surface area contributed by atoms with Gasteiger partial charge in [0.15, 0.2) is 0 Å². The van der Waals surface area contributed by atoms with Crippen LogP contribution >= 0.6 is 0 Å². The lowest BCUT2D eigenvalue weighted by Crippen LogP contribution is -2.53. The van der Waals surface area contributed by atoms with E-state index in [0.717, 1.165) is 6.42 Å². The zero-order valence-corrected chi connectivity index (χ0v) is 9.18. The first-order valence-corrected chi connectivity index (χ1v) is 5.21. The molecule has 1 rings (SSSR count). The molecular formula is C10H21NO3. The maximum atomic E-state index is 9.90. The Balaban J connectivity index is 2.56. The second-order valence-electron chi connectivity index (χ2n) is 4.15. The number of nitrogens with zero attached hydrogens (tertiary/aromatic N) is 1. The molecule has 0 saturated carbocycles. The Morgan fingerprint density at radius 1 is 1.43 bits per heavy atom. The lowest BCUT2D eigenvalue weighted by Gasteiger charge is -2.41. The minimum Gasteiger partial charge on any atom is -0.395 e. The first kappa shape index (κ1) is 11.9. The summed E-state index contributed by atoms with van der Waals surface area (Å²) in [6.45, 7) is 4.63. The summed E-state index contributed by atoms with van der Waals surface area (Å²) in [6.07, 6.45) is 0.425. The van der Waals surface area contributed by atoms with Crippen LogP contribution in [0.3, 0.4) is 0 Å². The van der Waals surface area contributed by atoms with Gasteiger partial charge in [0, 0.05) is 12.6 Å². The van der Waals surface area contributed by atoms with E-state index < -0.39 is 6.10 Å². The normalized spacial score (nSPS) is 39.0. The molecule has 1 aliphatic rings. The maximum Gasteiger partial charge on any atom is 0.0954 e. The Labute approximate surface area is 85.5 Å². The number of hydrogen-bond acceptors (Lipinski definition) is 4. The largest absolute Gasteiger partial charge is 0.395 e. The van der Waals surface area contributed by atoms with E-state index in [1.807, 2.05) is 25.8 Å². The third-order valence-electron chi connectivity index (χ3n) is 2.91. The average molecular weight is 203 g/mol. The zero-order valence-electron chi connectivity index (χ0n) is 9.18. The fourth-order valence-electron chi connectivity index (χ4n) is 2.06. The highest BCUT2D eigenvalue weighted by molar-refractivity contribution is 4.87. The Hall–Kier alpha value is -0.160. The molecular weight excluding hydrogens is 182 g/mol. The number of aliphatic hydroxyl groups is 2. The topological polar surface area (TPSA) is 52.9 Å². The third-order valence-corrected chi connectivity index (χ3v) is 2.91. The average Bonchev–Trinajstić information content (AvgIpc) is 2.11. The number of hydrogen-bond donors (Lipinski definition) is 2. The van der Waals surface area contributed by atoms with Crippen molar-refractivity contribution < 1.29 is 14.9 Å². The Morgan fingerprint density at radius 3 is 2.64 bits per heavy atom. The van der Waals surface area contributed by atoms with E-state index in [9.17, 15) is 5.11 Å². The van der Waals surface area contributed by atoms with E-state index in [-0.39, 0.29) is 24.9 Å². The van der Waals surface area contributed by atoms with Gasteiger partial charge in [-0.15, -0.1) is 0 Å². The molecule has 0 aromatic carbocycles. The van der Waals surface area contributed by atoms with Gasteiger partial charge in [-0.05, 0) is 27.3 Å². The van der Waals surface area contributed by atoms with Gasteiger partial charge in [0.1, 0.15) is 0 Å². The fourth-order valence-corrected chi connectivity index (χ4v) is 2.06. The van der Waals surface area contributed by atoms with Gasteiger partial charge in [-0.25, -0.2) is 0 Å². The molecule has 0 amide bonds. The van der Waals surface area contributed by atoms with Crippen molar-refractivity contribution >= 4 is 0 Å². The highest BCUT2D eigenvalue weighted by Crippen LogP contribution is 2.23. The first-order valence-electron chi connectivity index (χ1n) is 5.21. The Kier molecular flexibility index (Phi) is 4.31. The SMILES string of the molecule is C[C@@H]1CC(N(C)CCO)C(O)[C@H](C)O1. The van der Waals surface area contributed by atoms with Crippen LogP contribution in [0.2, 0.25) is 0 Å². The molecule has 4 nitrogen and oxygen atoms in total. The Morgan fingerprint density at radius 2 is 2.07 bits per heavy atom. The van der Waals surface area contributed by atoms with Crippen LogP contribution in [0, 0.1) is 0 Å². The first-order chi connectivity index (χ1) is 6.56. The van der Waals surface area contributed by atoms with Crippen molar-refractivity contribution in [2.24, 2.45) is 0 Å². The fraction of sp³-hybridized carbons (Fsp3) is 1.00. The molecule has 4 heteroatoms. The molecule has 0 spiro atoms. The van der Waals surface area contributed by atoms with Crippen molar-refractivity contribution in [2.75, 3.05) is 20.2 Å². The van der Waals surface area contributed by atoms with Crippen molar-refractivity contribution in [3.8, 4) is 0 Å². The summed E-state index contributed by atoms with van der Waals surface area (Å²) in [5, 5.41) is 18.7. The minimum absolute atomic E-state index is 0.0981. The third kappa shape index (κ3) is 2.67.